The number of rotatable bonds is 6. The fourth-order valence-corrected chi connectivity index (χ4v) is 5.20. The lowest BCUT2D eigenvalue weighted by molar-refractivity contribution is 0.118. The van der Waals surface area contributed by atoms with Crippen molar-refractivity contribution in [3.8, 4) is 5.75 Å². The van der Waals surface area contributed by atoms with Crippen molar-refractivity contribution in [3.05, 3.63) is 42.4 Å². The van der Waals surface area contributed by atoms with Crippen LogP contribution in [-0.2, 0) is 6.54 Å². The molecule has 1 aromatic carbocycles. The molecule has 12 heteroatoms. The van der Waals surface area contributed by atoms with Gasteiger partial charge in [0.05, 0.1) is 24.7 Å². The third-order valence-corrected chi connectivity index (χ3v) is 7.27. The van der Waals surface area contributed by atoms with E-state index in [2.05, 4.69) is 45.0 Å². The number of carbonyl (C=O) groups excluding carboxylic acids is 1. The minimum atomic E-state index is 0. The molecule has 0 bridgehead atoms. The lowest BCUT2D eigenvalue weighted by atomic mass is 10.0. The van der Waals surface area contributed by atoms with E-state index in [1.54, 1.807) is 6.33 Å². The molecular formula is C26H38Cl2N8O2. The van der Waals surface area contributed by atoms with Gasteiger partial charge in [0.25, 0.3) is 0 Å². The molecule has 2 aliphatic rings. The van der Waals surface area contributed by atoms with Crippen LogP contribution >= 0.6 is 24.8 Å². The summed E-state index contributed by atoms with van der Waals surface area (Å²) in [6, 6.07) is 8.81. The van der Waals surface area contributed by atoms with Gasteiger partial charge >= 0.3 is 6.03 Å². The minimum Gasteiger partial charge on any atom is -0.494 e. The van der Waals surface area contributed by atoms with E-state index in [-0.39, 0.29) is 30.8 Å². The SMILES string of the molecule is CCOc1cccc(Cn2ncc3c(N4CCN(C(=O)N5CCC(N(C)C)CC5)CC4)ncnc32)c1.Cl.Cl. The highest BCUT2D eigenvalue weighted by molar-refractivity contribution is 5.87. The van der Waals surface area contributed by atoms with E-state index in [1.807, 2.05) is 45.8 Å². The Labute approximate surface area is 236 Å². The summed E-state index contributed by atoms with van der Waals surface area (Å²) in [5.41, 5.74) is 1.91. The molecule has 2 aliphatic heterocycles. The number of likely N-dealkylation sites (tertiary alicyclic amines) is 1. The number of amides is 2. The molecule has 0 atom stereocenters. The van der Waals surface area contributed by atoms with Crippen molar-refractivity contribution >= 4 is 47.7 Å². The molecule has 5 rings (SSSR count). The quantitative estimate of drug-likeness (QED) is 0.453. The zero-order valence-corrected chi connectivity index (χ0v) is 24.0. The molecular weight excluding hydrogens is 527 g/mol. The van der Waals surface area contributed by atoms with E-state index in [1.165, 1.54) is 0 Å². The van der Waals surface area contributed by atoms with Gasteiger partial charge in [-0.1, -0.05) is 12.1 Å². The van der Waals surface area contributed by atoms with Gasteiger partial charge in [-0.05, 0) is 51.6 Å². The molecule has 4 heterocycles. The first-order chi connectivity index (χ1) is 17.5. The second kappa shape index (κ2) is 13.3. The monoisotopic (exact) mass is 564 g/mol. The Balaban J connectivity index is 0.00000200. The van der Waals surface area contributed by atoms with Gasteiger partial charge in [-0.2, -0.15) is 5.10 Å². The van der Waals surface area contributed by atoms with Gasteiger partial charge in [0.2, 0.25) is 0 Å². The second-order valence-electron chi connectivity index (χ2n) is 9.76. The van der Waals surface area contributed by atoms with Crippen LogP contribution in [0.15, 0.2) is 36.8 Å². The molecule has 0 aliphatic carbocycles. The van der Waals surface area contributed by atoms with Gasteiger partial charge in [-0.15, -0.1) is 24.8 Å². The molecule has 0 saturated carbocycles. The summed E-state index contributed by atoms with van der Waals surface area (Å²) in [6.07, 6.45) is 5.54. The molecule has 3 aromatic rings. The van der Waals surface area contributed by atoms with Crippen LogP contribution in [0.5, 0.6) is 5.75 Å². The van der Waals surface area contributed by atoms with E-state index in [0.717, 1.165) is 67.2 Å². The van der Waals surface area contributed by atoms with Crippen molar-refractivity contribution < 1.29 is 9.53 Å². The number of piperazine rings is 1. The number of hydrogen-bond acceptors (Lipinski definition) is 7. The highest BCUT2D eigenvalue weighted by Crippen LogP contribution is 2.25. The molecule has 0 unspecified atom stereocenters. The minimum absolute atomic E-state index is 0. The van der Waals surface area contributed by atoms with Gasteiger partial charge < -0.3 is 24.3 Å². The van der Waals surface area contributed by atoms with Crippen LogP contribution < -0.4 is 9.64 Å². The van der Waals surface area contributed by atoms with Crippen molar-refractivity contribution in [1.29, 1.82) is 0 Å². The molecule has 0 spiro atoms. The Morgan fingerprint density at radius 2 is 1.74 bits per heavy atom. The van der Waals surface area contributed by atoms with Gasteiger partial charge in [-0.3, -0.25) is 0 Å². The molecule has 208 valence electrons. The van der Waals surface area contributed by atoms with Crippen molar-refractivity contribution in [2.75, 3.05) is 64.9 Å². The predicted molar refractivity (Wildman–Crippen MR) is 154 cm³/mol. The lowest BCUT2D eigenvalue weighted by Crippen LogP contribution is -2.55. The Hall–Kier alpha value is -2.82. The molecule has 2 aromatic heterocycles. The summed E-state index contributed by atoms with van der Waals surface area (Å²) < 4.78 is 7.54. The van der Waals surface area contributed by atoms with Crippen molar-refractivity contribution in [3.63, 3.8) is 0 Å². The summed E-state index contributed by atoms with van der Waals surface area (Å²) in [7, 11) is 4.24. The molecule has 2 saturated heterocycles. The van der Waals surface area contributed by atoms with Crippen molar-refractivity contribution in [2.24, 2.45) is 0 Å². The largest absolute Gasteiger partial charge is 0.494 e. The number of piperidine rings is 1. The van der Waals surface area contributed by atoms with E-state index in [9.17, 15) is 4.79 Å². The third-order valence-electron chi connectivity index (χ3n) is 7.27. The van der Waals surface area contributed by atoms with E-state index >= 15 is 0 Å². The maximum atomic E-state index is 13.1. The standard InChI is InChI=1S/C26H36N8O2.2ClH/c1-4-36-22-7-5-6-20(16-22)18-34-25-23(17-29-34)24(27-19-28-25)31-12-14-33(15-13-31)26(35)32-10-8-21(9-11-32)30(2)3;;/h5-7,16-17,19,21H,4,8-15,18H2,1-3H3;2*1H. The summed E-state index contributed by atoms with van der Waals surface area (Å²) >= 11 is 0. The van der Waals surface area contributed by atoms with Crippen LogP contribution in [0.4, 0.5) is 10.6 Å². The topological polar surface area (TPSA) is 82.9 Å². The zero-order valence-electron chi connectivity index (χ0n) is 22.3. The highest BCUT2D eigenvalue weighted by Gasteiger charge is 2.30. The number of urea groups is 1. The molecule has 2 amide bonds. The molecule has 10 nitrogen and oxygen atoms in total. The number of halogens is 2. The van der Waals surface area contributed by atoms with E-state index in [0.29, 0.717) is 32.3 Å². The predicted octanol–water partition coefficient (Wildman–Crippen LogP) is 3.38. The number of aromatic nitrogens is 4. The average Bonchev–Trinajstić information content (AvgIpc) is 3.31. The third kappa shape index (κ3) is 6.42. The lowest BCUT2D eigenvalue weighted by Gasteiger charge is -2.41. The van der Waals surface area contributed by atoms with Gasteiger partial charge in [0, 0.05) is 45.3 Å². The maximum Gasteiger partial charge on any atom is 0.320 e. The normalized spacial score (nSPS) is 16.4. The number of benzene rings is 1. The fourth-order valence-electron chi connectivity index (χ4n) is 5.20. The summed E-state index contributed by atoms with van der Waals surface area (Å²) in [6.45, 7) is 7.76. The van der Waals surface area contributed by atoms with E-state index in [4.69, 9.17) is 4.74 Å². The van der Waals surface area contributed by atoms with Crippen LogP contribution in [-0.4, -0.2) is 106 Å². The van der Waals surface area contributed by atoms with Crippen LogP contribution in [0.3, 0.4) is 0 Å². The number of nitrogens with zero attached hydrogens (tertiary/aromatic N) is 8. The first kappa shape index (κ1) is 29.7. The summed E-state index contributed by atoms with van der Waals surface area (Å²) in [5.74, 6) is 1.74. The first-order valence-corrected chi connectivity index (χ1v) is 12.9. The number of carbonyl (C=O) groups is 1. The second-order valence-corrected chi connectivity index (χ2v) is 9.76. The number of hydrogen-bond donors (Lipinski definition) is 0. The van der Waals surface area contributed by atoms with Gasteiger partial charge in [-0.25, -0.2) is 19.4 Å². The average molecular weight is 566 g/mol. The first-order valence-electron chi connectivity index (χ1n) is 12.9. The Kier molecular flexibility index (Phi) is 10.4. The number of anilines is 1. The van der Waals surface area contributed by atoms with Crippen LogP contribution in [0, 0.1) is 0 Å². The molecule has 38 heavy (non-hydrogen) atoms. The Morgan fingerprint density at radius 3 is 2.42 bits per heavy atom. The zero-order chi connectivity index (χ0) is 25.1. The van der Waals surface area contributed by atoms with Crippen LogP contribution in [0.1, 0.15) is 25.3 Å². The Morgan fingerprint density at radius 1 is 1.03 bits per heavy atom. The number of fused-ring (bicyclic) bond motifs is 1. The highest BCUT2D eigenvalue weighted by atomic mass is 35.5. The van der Waals surface area contributed by atoms with Crippen LogP contribution in [0.25, 0.3) is 11.0 Å². The Bertz CT molecular complexity index is 1190. The van der Waals surface area contributed by atoms with Gasteiger partial charge in [0.15, 0.2) is 5.65 Å². The van der Waals surface area contributed by atoms with Gasteiger partial charge in [0.1, 0.15) is 17.9 Å². The fraction of sp³-hybridized carbons (Fsp3) is 0.538. The summed E-state index contributed by atoms with van der Waals surface area (Å²) in [4.78, 5) is 30.7. The number of ether oxygens (including phenoxy) is 1. The van der Waals surface area contributed by atoms with Crippen molar-refractivity contribution in [2.45, 2.75) is 32.4 Å². The smallest absolute Gasteiger partial charge is 0.320 e. The molecule has 0 radical (unpaired) electrons. The molecule has 0 N–H and O–H groups in total. The van der Waals surface area contributed by atoms with Crippen molar-refractivity contribution in [1.82, 2.24) is 34.4 Å². The van der Waals surface area contributed by atoms with E-state index < -0.39 is 0 Å². The van der Waals surface area contributed by atoms with Crippen LogP contribution in [0.2, 0.25) is 0 Å². The summed E-state index contributed by atoms with van der Waals surface area (Å²) in [5, 5.41) is 5.55. The maximum absolute atomic E-state index is 13.1. The molecule has 2 fully saturated rings.